The molecule has 1 amide bonds. The smallest absolute Gasteiger partial charge is 0.342 e. The summed E-state index contributed by atoms with van der Waals surface area (Å²) in [5.74, 6) is 1.33. The van der Waals surface area contributed by atoms with Gasteiger partial charge in [0.15, 0.2) is 6.61 Å². The predicted molar refractivity (Wildman–Crippen MR) is 94.6 cm³/mol. The maximum Gasteiger partial charge on any atom is 0.342 e. The van der Waals surface area contributed by atoms with E-state index in [-0.39, 0.29) is 12.6 Å². The number of ether oxygens (including phenoxy) is 3. The van der Waals surface area contributed by atoms with Crippen LogP contribution < -0.4 is 14.8 Å². The van der Waals surface area contributed by atoms with Crippen LogP contribution in [0.5, 0.6) is 11.5 Å². The van der Waals surface area contributed by atoms with E-state index in [1.807, 2.05) is 0 Å². The number of carbonyl (C=O) groups is 2. The molecule has 26 heavy (non-hydrogen) atoms. The number of amides is 1. The minimum atomic E-state index is -0.596. The van der Waals surface area contributed by atoms with Gasteiger partial charge in [0, 0.05) is 5.56 Å². The van der Waals surface area contributed by atoms with Crippen LogP contribution in [0.15, 0.2) is 28.7 Å². The van der Waals surface area contributed by atoms with Crippen molar-refractivity contribution in [1.29, 1.82) is 0 Å². The molecule has 2 rings (SSSR count). The number of rotatable bonds is 7. The van der Waals surface area contributed by atoms with E-state index in [2.05, 4.69) is 5.32 Å². The summed E-state index contributed by atoms with van der Waals surface area (Å²) in [6.45, 7) is 4.82. The van der Waals surface area contributed by atoms with Gasteiger partial charge < -0.3 is 23.9 Å². The molecule has 2 aromatic rings. The number of furan rings is 1. The first kappa shape index (κ1) is 19.4. The van der Waals surface area contributed by atoms with Gasteiger partial charge in [0.1, 0.15) is 28.6 Å². The molecule has 0 unspecified atom stereocenters. The molecule has 0 spiro atoms. The molecule has 7 heteroatoms. The van der Waals surface area contributed by atoms with Crippen molar-refractivity contribution < 1.29 is 28.2 Å². The van der Waals surface area contributed by atoms with Gasteiger partial charge in [0.2, 0.25) is 0 Å². The van der Waals surface area contributed by atoms with E-state index in [1.54, 1.807) is 59.3 Å². The molecule has 0 saturated heterocycles. The van der Waals surface area contributed by atoms with Crippen LogP contribution in [0.4, 0.5) is 0 Å². The number of carbonyl (C=O) groups excluding carboxylic acids is 2. The van der Waals surface area contributed by atoms with Gasteiger partial charge in [-0.3, -0.25) is 4.79 Å². The summed E-state index contributed by atoms with van der Waals surface area (Å²) >= 11 is 0. The van der Waals surface area contributed by atoms with E-state index in [0.29, 0.717) is 28.6 Å². The molecule has 0 aliphatic rings. The fraction of sp³-hybridized carbons (Fsp3) is 0.368. The van der Waals surface area contributed by atoms with Gasteiger partial charge in [-0.2, -0.15) is 0 Å². The van der Waals surface area contributed by atoms with Crippen molar-refractivity contribution in [2.45, 2.75) is 26.8 Å². The molecule has 0 aliphatic heterocycles. The zero-order valence-electron chi connectivity index (χ0n) is 15.5. The third-order valence-corrected chi connectivity index (χ3v) is 3.88. The van der Waals surface area contributed by atoms with Crippen molar-refractivity contribution >= 4 is 11.9 Å². The zero-order chi connectivity index (χ0) is 19.3. The SMILES string of the molecule is COc1ccc(OC)c([C@@H](C)NC(=O)COC(=O)c2cc(C)oc2C)c1. The highest BCUT2D eigenvalue weighted by Crippen LogP contribution is 2.29. The van der Waals surface area contributed by atoms with Crippen LogP contribution in [0.1, 0.15) is 40.4 Å². The Morgan fingerprint density at radius 2 is 1.88 bits per heavy atom. The largest absolute Gasteiger partial charge is 0.497 e. The molecule has 0 aliphatic carbocycles. The third-order valence-electron chi connectivity index (χ3n) is 3.88. The minimum absolute atomic E-state index is 0.317. The van der Waals surface area contributed by atoms with Crippen LogP contribution in [0.25, 0.3) is 0 Å². The van der Waals surface area contributed by atoms with Crippen molar-refractivity contribution in [3.05, 3.63) is 46.9 Å². The maximum absolute atomic E-state index is 12.1. The summed E-state index contributed by atoms with van der Waals surface area (Å²) in [5, 5.41) is 2.77. The predicted octanol–water partition coefficient (Wildman–Crippen LogP) is 2.95. The Morgan fingerprint density at radius 1 is 1.15 bits per heavy atom. The summed E-state index contributed by atoms with van der Waals surface area (Å²) in [5.41, 5.74) is 1.07. The van der Waals surface area contributed by atoms with Crippen LogP contribution in [0, 0.1) is 13.8 Å². The second kappa shape index (κ2) is 8.42. The number of hydrogen-bond donors (Lipinski definition) is 1. The van der Waals surface area contributed by atoms with E-state index in [0.717, 1.165) is 5.56 Å². The van der Waals surface area contributed by atoms with Crippen molar-refractivity contribution in [1.82, 2.24) is 5.32 Å². The Morgan fingerprint density at radius 3 is 2.46 bits per heavy atom. The van der Waals surface area contributed by atoms with Crippen LogP contribution in [-0.4, -0.2) is 32.7 Å². The highest BCUT2D eigenvalue weighted by molar-refractivity contribution is 5.92. The topological polar surface area (TPSA) is 87.0 Å². The molecule has 7 nitrogen and oxygen atoms in total. The molecular weight excluding hydrogens is 338 g/mol. The average Bonchev–Trinajstić information content (AvgIpc) is 2.97. The number of esters is 1. The number of methoxy groups -OCH3 is 2. The van der Waals surface area contributed by atoms with Gasteiger partial charge in [0.05, 0.1) is 20.3 Å². The maximum atomic E-state index is 12.1. The minimum Gasteiger partial charge on any atom is -0.497 e. The first-order valence-corrected chi connectivity index (χ1v) is 8.11. The van der Waals surface area contributed by atoms with Gasteiger partial charge in [-0.15, -0.1) is 0 Å². The molecule has 140 valence electrons. The van der Waals surface area contributed by atoms with Crippen LogP contribution in [-0.2, 0) is 9.53 Å². The van der Waals surface area contributed by atoms with Crippen molar-refractivity contribution in [3.8, 4) is 11.5 Å². The quantitative estimate of drug-likeness (QED) is 0.763. The van der Waals surface area contributed by atoms with Gasteiger partial charge >= 0.3 is 5.97 Å². The molecule has 0 saturated carbocycles. The van der Waals surface area contributed by atoms with Crippen LogP contribution in [0.2, 0.25) is 0 Å². The molecule has 1 atom stereocenters. The van der Waals surface area contributed by atoms with Crippen molar-refractivity contribution in [2.24, 2.45) is 0 Å². The molecule has 0 bridgehead atoms. The second-order valence-electron chi connectivity index (χ2n) is 5.80. The fourth-order valence-electron chi connectivity index (χ4n) is 2.58. The lowest BCUT2D eigenvalue weighted by molar-refractivity contribution is -0.124. The van der Waals surface area contributed by atoms with Crippen LogP contribution in [0.3, 0.4) is 0 Å². The van der Waals surface area contributed by atoms with Crippen LogP contribution >= 0.6 is 0 Å². The Hall–Kier alpha value is -2.96. The number of nitrogens with one attached hydrogen (secondary N) is 1. The lowest BCUT2D eigenvalue weighted by Crippen LogP contribution is -2.31. The van der Waals surface area contributed by atoms with Crippen molar-refractivity contribution in [2.75, 3.05) is 20.8 Å². The Balaban J connectivity index is 1.97. The molecule has 1 aromatic heterocycles. The number of benzene rings is 1. The van der Waals surface area contributed by atoms with Gasteiger partial charge in [-0.25, -0.2) is 4.79 Å². The van der Waals surface area contributed by atoms with E-state index >= 15 is 0 Å². The Labute approximate surface area is 152 Å². The number of aryl methyl sites for hydroxylation is 2. The molecule has 1 heterocycles. The Kier molecular flexibility index (Phi) is 6.27. The standard InChI is InChI=1S/C19H23NO6/c1-11-8-16(13(3)26-11)19(22)25-10-18(21)20-12(2)15-9-14(23-4)6-7-17(15)24-5/h6-9,12H,10H2,1-5H3,(H,20,21)/t12-/m1/s1. The van der Waals surface area contributed by atoms with Gasteiger partial charge in [-0.05, 0) is 45.0 Å². The summed E-state index contributed by atoms with van der Waals surface area (Å²) in [6, 6.07) is 6.55. The monoisotopic (exact) mass is 361 g/mol. The first-order chi connectivity index (χ1) is 12.3. The first-order valence-electron chi connectivity index (χ1n) is 8.11. The molecule has 0 fully saturated rings. The van der Waals surface area contributed by atoms with E-state index in [4.69, 9.17) is 18.6 Å². The lowest BCUT2D eigenvalue weighted by Gasteiger charge is -2.18. The highest BCUT2D eigenvalue weighted by Gasteiger charge is 2.19. The summed E-state index contributed by atoms with van der Waals surface area (Å²) < 4.78 is 20.9. The highest BCUT2D eigenvalue weighted by atomic mass is 16.5. The van der Waals surface area contributed by atoms with E-state index in [1.165, 1.54) is 0 Å². The van der Waals surface area contributed by atoms with E-state index in [9.17, 15) is 9.59 Å². The fourth-order valence-corrected chi connectivity index (χ4v) is 2.58. The average molecular weight is 361 g/mol. The normalized spacial score (nSPS) is 11.6. The van der Waals surface area contributed by atoms with E-state index < -0.39 is 11.9 Å². The molecule has 1 aromatic carbocycles. The second-order valence-corrected chi connectivity index (χ2v) is 5.80. The summed E-state index contributed by atoms with van der Waals surface area (Å²) in [6.07, 6.45) is 0. The van der Waals surface area contributed by atoms with Gasteiger partial charge in [-0.1, -0.05) is 0 Å². The zero-order valence-corrected chi connectivity index (χ0v) is 15.5. The van der Waals surface area contributed by atoms with Gasteiger partial charge in [0.25, 0.3) is 5.91 Å². The Bertz CT molecular complexity index is 795. The number of hydrogen-bond acceptors (Lipinski definition) is 6. The molecular formula is C19H23NO6. The summed E-state index contributed by atoms with van der Waals surface area (Å²) in [4.78, 5) is 24.1. The van der Waals surface area contributed by atoms with Crippen molar-refractivity contribution in [3.63, 3.8) is 0 Å². The molecule has 0 radical (unpaired) electrons. The summed E-state index contributed by atoms with van der Waals surface area (Å²) in [7, 11) is 3.12. The third kappa shape index (κ3) is 4.56. The molecule has 1 N–H and O–H groups in total. The lowest BCUT2D eigenvalue weighted by atomic mass is 10.1.